The Bertz CT molecular complexity index is 1040. The Morgan fingerprint density at radius 3 is 2.48 bits per heavy atom. The average Bonchev–Trinajstić information content (AvgIpc) is 3.10. The molecule has 0 atom stereocenters. The van der Waals surface area contributed by atoms with E-state index in [4.69, 9.17) is 4.42 Å². The monoisotopic (exact) mass is 510 g/mol. The molecule has 4 rings (SSSR count). The Labute approximate surface area is 159 Å². The van der Waals surface area contributed by atoms with E-state index < -0.39 is 0 Å². The fourth-order valence-electron chi connectivity index (χ4n) is 3.21. The first-order chi connectivity index (χ1) is 11.5. The molecule has 25 heavy (non-hydrogen) atoms. The summed E-state index contributed by atoms with van der Waals surface area (Å²) in [7, 11) is 0. The molecule has 0 aliphatic carbocycles. The van der Waals surface area contributed by atoms with Gasteiger partial charge in [-0.15, -0.1) is 17.7 Å². The van der Waals surface area contributed by atoms with E-state index in [1.54, 1.807) is 6.33 Å². The molecule has 0 aliphatic heterocycles. The third-order valence-electron chi connectivity index (χ3n) is 4.06. The molecule has 0 fully saturated rings. The molecule has 2 aromatic carbocycles. The Kier molecular flexibility index (Phi) is 4.58. The van der Waals surface area contributed by atoms with Gasteiger partial charge in [-0.05, 0) is 31.9 Å². The summed E-state index contributed by atoms with van der Waals surface area (Å²) in [6, 6.07) is 11.3. The summed E-state index contributed by atoms with van der Waals surface area (Å²) in [6.45, 7) is 8.11. The largest absolute Gasteiger partial charge is 0.461 e. The molecule has 5 nitrogen and oxygen atoms in total. The number of aryl methyl sites for hydroxylation is 4. The van der Waals surface area contributed by atoms with Crippen LogP contribution in [-0.2, 0) is 20.1 Å². The van der Waals surface area contributed by atoms with Gasteiger partial charge in [-0.2, -0.15) is 5.10 Å². The molecule has 2 heterocycles. The van der Waals surface area contributed by atoms with Crippen molar-refractivity contribution in [2.24, 2.45) is 0 Å². The minimum atomic E-state index is 0. The van der Waals surface area contributed by atoms with Crippen molar-refractivity contribution < 1.29 is 24.5 Å². The van der Waals surface area contributed by atoms with Crippen molar-refractivity contribution in [2.45, 2.75) is 27.7 Å². The quantitative estimate of drug-likeness (QED) is 0.382. The fraction of sp³-hybridized carbons (Fsp3) is 0.211. The molecule has 0 saturated heterocycles. The van der Waals surface area contributed by atoms with Gasteiger partial charge in [0.1, 0.15) is 6.33 Å². The summed E-state index contributed by atoms with van der Waals surface area (Å²) in [5.74, 6) is 1.38. The zero-order valence-corrected chi connectivity index (χ0v) is 16.8. The summed E-state index contributed by atoms with van der Waals surface area (Å²) < 4.78 is 7.49. The number of aromatic nitrogens is 4. The van der Waals surface area contributed by atoms with Gasteiger partial charge in [-0.1, -0.05) is 23.8 Å². The van der Waals surface area contributed by atoms with Crippen LogP contribution >= 0.6 is 0 Å². The predicted molar refractivity (Wildman–Crippen MR) is 92.1 cm³/mol. The second-order valence-corrected chi connectivity index (χ2v) is 6.07. The van der Waals surface area contributed by atoms with Crippen molar-refractivity contribution in [1.29, 1.82) is 0 Å². The van der Waals surface area contributed by atoms with Gasteiger partial charge in [-0.3, -0.25) is 14.6 Å². The van der Waals surface area contributed by atoms with Crippen LogP contribution in [-0.4, -0.2) is 19.7 Å². The van der Waals surface area contributed by atoms with Gasteiger partial charge in [0.15, 0.2) is 5.89 Å². The van der Waals surface area contributed by atoms with Crippen LogP contribution in [0.5, 0.6) is 0 Å². The average molecular weight is 510 g/mol. The second kappa shape index (κ2) is 6.54. The zero-order chi connectivity index (χ0) is 16.8. The molecule has 6 heteroatoms. The van der Waals surface area contributed by atoms with E-state index in [1.165, 1.54) is 5.56 Å². The summed E-state index contributed by atoms with van der Waals surface area (Å²) in [4.78, 5) is 8.75. The van der Waals surface area contributed by atoms with Gasteiger partial charge in [0.05, 0.1) is 17.1 Å². The van der Waals surface area contributed by atoms with Crippen molar-refractivity contribution >= 4 is 11.1 Å². The Hall–Kier alpha value is -2.30. The number of hydrogen-bond donors (Lipinski definition) is 0. The van der Waals surface area contributed by atoms with Crippen molar-refractivity contribution in [1.82, 2.24) is 19.7 Å². The third-order valence-corrected chi connectivity index (χ3v) is 4.06. The first-order valence-electron chi connectivity index (χ1n) is 7.80. The minimum Gasteiger partial charge on any atom is -0.461 e. The maximum atomic E-state index is 5.63. The topological polar surface area (TPSA) is 56.7 Å². The molecule has 0 saturated carbocycles. The third kappa shape index (κ3) is 3.03. The van der Waals surface area contributed by atoms with E-state index in [9.17, 15) is 0 Å². The molecule has 0 spiro atoms. The summed E-state index contributed by atoms with van der Waals surface area (Å²) in [6.07, 6.45) is 1.57. The van der Waals surface area contributed by atoms with Crippen LogP contribution in [0.2, 0.25) is 0 Å². The van der Waals surface area contributed by atoms with Crippen LogP contribution < -0.4 is 0 Å². The minimum absolute atomic E-state index is 0. The Balaban J connectivity index is 0.00000182. The van der Waals surface area contributed by atoms with Crippen LogP contribution in [0, 0.1) is 33.8 Å². The molecule has 4 aromatic rings. The van der Waals surface area contributed by atoms with Gasteiger partial charge in [0.2, 0.25) is 0 Å². The van der Waals surface area contributed by atoms with Crippen molar-refractivity contribution in [3.8, 4) is 17.1 Å². The zero-order valence-electron chi connectivity index (χ0n) is 14.4. The van der Waals surface area contributed by atoms with Crippen molar-refractivity contribution in [2.75, 3.05) is 0 Å². The first kappa shape index (κ1) is 17.5. The van der Waals surface area contributed by atoms with E-state index in [0.29, 0.717) is 5.89 Å². The molecule has 0 N–H and O–H groups in total. The van der Waals surface area contributed by atoms with Gasteiger partial charge >= 0.3 is 0 Å². The summed E-state index contributed by atoms with van der Waals surface area (Å²) in [5.41, 5.74) is 6.97. The number of hydrogen-bond acceptors (Lipinski definition) is 4. The van der Waals surface area contributed by atoms with Gasteiger partial charge in [-0.25, -0.2) is 0 Å². The van der Waals surface area contributed by atoms with Crippen LogP contribution in [0.15, 0.2) is 35.0 Å². The van der Waals surface area contributed by atoms with Gasteiger partial charge in [0.25, 0.3) is 0 Å². The normalized spacial score (nSPS) is 10.9. The molecule has 0 unspecified atom stereocenters. The SMILES string of the molecule is Cc1cc(C)c(-n2ncnc2-c2[c-]cc3nc(C)oc3c2)c(C)c1.[Ir]. The number of oxazole rings is 1. The van der Waals surface area contributed by atoms with Gasteiger partial charge < -0.3 is 4.42 Å². The smallest absolute Gasteiger partial charge is 0.180 e. The first-order valence-corrected chi connectivity index (χ1v) is 7.80. The Morgan fingerprint density at radius 1 is 1.04 bits per heavy atom. The van der Waals surface area contributed by atoms with Crippen LogP contribution in [0.1, 0.15) is 22.6 Å². The standard InChI is InChI=1S/C19H17N4O.Ir/c1-11-7-12(2)18(13(3)8-11)23-19(20-10-21-23)15-5-6-16-17(9-15)24-14(4)22-16;/h6-10H,1-4H3;/q-1;. The van der Waals surface area contributed by atoms with E-state index in [-0.39, 0.29) is 20.1 Å². The summed E-state index contributed by atoms with van der Waals surface area (Å²) in [5, 5.41) is 4.44. The van der Waals surface area contributed by atoms with E-state index in [2.05, 4.69) is 54.0 Å². The fourth-order valence-corrected chi connectivity index (χ4v) is 3.21. The van der Waals surface area contributed by atoms with Crippen molar-refractivity contribution in [3.05, 3.63) is 59.2 Å². The van der Waals surface area contributed by atoms with E-state index >= 15 is 0 Å². The van der Waals surface area contributed by atoms with Gasteiger partial charge in [0, 0.05) is 32.5 Å². The molecule has 0 aliphatic rings. The molecule has 2 aromatic heterocycles. The van der Waals surface area contributed by atoms with Crippen LogP contribution in [0.4, 0.5) is 0 Å². The maximum Gasteiger partial charge on any atom is 0.180 e. The molecule has 0 amide bonds. The molecular formula is C19H17IrN4O-. The van der Waals surface area contributed by atoms with E-state index in [1.807, 2.05) is 23.7 Å². The number of nitrogens with zero attached hydrogens (tertiary/aromatic N) is 4. The maximum absolute atomic E-state index is 5.63. The molecule has 129 valence electrons. The van der Waals surface area contributed by atoms with Crippen LogP contribution in [0.3, 0.4) is 0 Å². The second-order valence-electron chi connectivity index (χ2n) is 6.07. The predicted octanol–water partition coefficient (Wildman–Crippen LogP) is 4.11. The van der Waals surface area contributed by atoms with Crippen LogP contribution in [0.25, 0.3) is 28.2 Å². The molecule has 1 radical (unpaired) electrons. The number of fused-ring (bicyclic) bond motifs is 1. The summed E-state index contributed by atoms with van der Waals surface area (Å²) >= 11 is 0. The number of benzene rings is 2. The number of rotatable bonds is 2. The Morgan fingerprint density at radius 2 is 1.76 bits per heavy atom. The van der Waals surface area contributed by atoms with E-state index in [0.717, 1.165) is 39.3 Å². The van der Waals surface area contributed by atoms with Crippen molar-refractivity contribution in [3.63, 3.8) is 0 Å². The molecular weight excluding hydrogens is 492 g/mol. The molecule has 0 bridgehead atoms.